The molecule has 1 fully saturated rings. The van der Waals surface area contributed by atoms with Crippen molar-refractivity contribution in [2.24, 2.45) is 0 Å². The first-order chi connectivity index (χ1) is 18.4. The van der Waals surface area contributed by atoms with Crippen LogP contribution in [0.4, 0.5) is 0 Å². The van der Waals surface area contributed by atoms with Crippen molar-refractivity contribution in [3.63, 3.8) is 0 Å². The number of benzene rings is 3. The molecule has 38 heavy (non-hydrogen) atoms. The molecular formula is C29H27N3O5S. The molecule has 0 bridgehead atoms. The number of furan rings is 1. The maximum Gasteiger partial charge on any atom is 0.254 e. The minimum absolute atomic E-state index is 0.0727. The molecule has 2 amide bonds. The molecule has 1 aromatic heterocycles. The molecule has 1 aliphatic heterocycles. The van der Waals surface area contributed by atoms with Crippen molar-refractivity contribution < 1.29 is 22.4 Å². The molecular weight excluding hydrogens is 502 g/mol. The van der Waals surface area contributed by atoms with Gasteiger partial charge in [0.05, 0.1) is 17.7 Å². The maximum atomic E-state index is 13.6. The zero-order valence-electron chi connectivity index (χ0n) is 20.6. The van der Waals surface area contributed by atoms with E-state index in [4.69, 9.17) is 4.42 Å². The van der Waals surface area contributed by atoms with E-state index in [2.05, 4.69) is 5.32 Å². The number of nitrogens with zero attached hydrogens (tertiary/aromatic N) is 2. The molecule has 1 atom stereocenters. The van der Waals surface area contributed by atoms with Gasteiger partial charge in [0.1, 0.15) is 11.8 Å². The van der Waals surface area contributed by atoms with Crippen LogP contribution in [-0.4, -0.2) is 55.1 Å². The Morgan fingerprint density at radius 1 is 0.816 bits per heavy atom. The van der Waals surface area contributed by atoms with Crippen LogP contribution in [0.1, 0.15) is 16.1 Å². The highest BCUT2D eigenvalue weighted by molar-refractivity contribution is 7.89. The lowest BCUT2D eigenvalue weighted by atomic mass is 10.1. The quantitative estimate of drug-likeness (QED) is 0.393. The first-order valence-corrected chi connectivity index (χ1v) is 13.7. The first-order valence-electron chi connectivity index (χ1n) is 12.3. The van der Waals surface area contributed by atoms with Crippen LogP contribution in [0, 0.1) is 0 Å². The summed E-state index contributed by atoms with van der Waals surface area (Å²) < 4.78 is 33.7. The van der Waals surface area contributed by atoms with Gasteiger partial charge in [-0.25, -0.2) is 8.42 Å². The molecule has 4 aromatic rings. The third-order valence-corrected chi connectivity index (χ3v) is 8.42. The second-order valence-electron chi connectivity index (χ2n) is 8.93. The molecule has 0 aliphatic carbocycles. The number of sulfonamides is 1. The van der Waals surface area contributed by atoms with Crippen LogP contribution >= 0.6 is 0 Å². The zero-order valence-corrected chi connectivity index (χ0v) is 21.4. The summed E-state index contributed by atoms with van der Waals surface area (Å²) in [5, 5.41) is 2.78. The van der Waals surface area contributed by atoms with Gasteiger partial charge in [0.25, 0.3) is 5.91 Å². The predicted molar refractivity (Wildman–Crippen MR) is 142 cm³/mol. The van der Waals surface area contributed by atoms with Gasteiger partial charge >= 0.3 is 0 Å². The lowest BCUT2D eigenvalue weighted by molar-refractivity contribution is -0.127. The summed E-state index contributed by atoms with van der Waals surface area (Å²) in [5.41, 5.74) is 2.32. The third kappa shape index (κ3) is 5.39. The lowest BCUT2D eigenvalue weighted by Crippen LogP contribution is -2.61. The van der Waals surface area contributed by atoms with Gasteiger partial charge in [-0.2, -0.15) is 4.31 Å². The third-order valence-electron chi connectivity index (χ3n) is 6.54. The van der Waals surface area contributed by atoms with E-state index in [-0.39, 0.29) is 37.0 Å². The fraction of sp³-hybridized carbons (Fsp3) is 0.172. The van der Waals surface area contributed by atoms with Crippen molar-refractivity contribution in [3.8, 4) is 11.1 Å². The lowest BCUT2D eigenvalue weighted by Gasteiger charge is -2.39. The average molecular weight is 530 g/mol. The Labute approximate surface area is 221 Å². The molecule has 5 rings (SSSR count). The van der Waals surface area contributed by atoms with E-state index in [1.54, 1.807) is 66.7 Å². The Balaban J connectivity index is 1.38. The Morgan fingerprint density at radius 2 is 1.47 bits per heavy atom. The molecule has 1 unspecified atom stereocenters. The highest BCUT2D eigenvalue weighted by Crippen LogP contribution is 2.25. The van der Waals surface area contributed by atoms with Crippen LogP contribution in [-0.2, 0) is 21.4 Å². The minimum Gasteiger partial charge on any atom is -0.467 e. The van der Waals surface area contributed by atoms with Crippen molar-refractivity contribution in [3.05, 3.63) is 115 Å². The van der Waals surface area contributed by atoms with Crippen molar-refractivity contribution in [1.29, 1.82) is 0 Å². The van der Waals surface area contributed by atoms with Gasteiger partial charge in [0.15, 0.2) is 0 Å². The van der Waals surface area contributed by atoms with E-state index in [9.17, 15) is 18.0 Å². The Bertz CT molecular complexity index is 1490. The van der Waals surface area contributed by atoms with Gasteiger partial charge < -0.3 is 14.6 Å². The van der Waals surface area contributed by atoms with Gasteiger partial charge in [-0.05, 0) is 47.5 Å². The smallest absolute Gasteiger partial charge is 0.254 e. The number of nitrogens with one attached hydrogen (secondary N) is 1. The summed E-state index contributed by atoms with van der Waals surface area (Å²) in [4.78, 5) is 28.2. The summed E-state index contributed by atoms with van der Waals surface area (Å²) >= 11 is 0. The van der Waals surface area contributed by atoms with Crippen LogP contribution in [0.25, 0.3) is 11.1 Å². The SMILES string of the molecule is O=C(NCc1ccco1)C1CN(S(=O)(=O)c2ccc(-c3ccccc3)cc2)CCN1C(=O)c1ccccc1. The molecule has 3 aromatic carbocycles. The number of hydrogen-bond acceptors (Lipinski definition) is 5. The largest absolute Gasteiger partial charge is 0.467 e. The van der Waals surface area contributed by atoms with Crippen molar-refractivity contribution >= 4 is 21.8 Å². The molecule has 2 heterocycles. The molecule has 0 saturated carbocycles. The van der Waals surface area contributed by atoms with Crippen molar-refractivity contribution in [2.75, 3.05) is 19.6 Å². The van der Waals surface area contributed by atoms with Crippen LogP contribution in [0.3, 0.4) is 0 Å². The van der Waals surface area contributed by atoms with Gasteiger partial charge in [0.2, 0.25) is 15.9 Å². The van der Waals surface area contributed by atoms with Crippen LogP contribution < -0.4 is 5.32 Å². The summed E-state index contributed by atoms with van der Waals surface area (Å²) in [6, 6.07) is 27.5. The molecule has 0 radical (unpaired) electrons. The van der Waals surface area contributed by atoms with Gasteiger partial charge in [-0.1, -0.05) is 60.7 Å². The van der Waals surface area contributed by atoms with Crippen LogP contribution in [0.15, 0.2) is 113 Å². The number of piperazine rings is 1. The second kappa shape index (κ2) is 11.0. The molecule has 8 nitrogen and oxygen atoms in total. The summed E-state index contributed by atoms with van der Waals surface area (Å²) in [6.45, 7) is 0.117. The number of hydrogen-bond donors (Lipinski definition) is 1. The highest BCUT2D eigenvalue weighted by atomic mass is 32.2. The monoisotopic (exact) mass is 529 g/mol. The van der Waals surface area contributed by atoms with E-state index in [1.807, 2.05) is 30.3 Å². The highest BCUT2D eigenvalue weighted by Gasteiger charge is 2.40. The zero-order chi connectivity index (χ0) is 26.5. The van der Waals surface area contributed by atoms with Crippen LogP contribution in [0.5, 0.6) is 0 Å². The number of carbonyl (C=O) groups excluding carboxylic acids is 2. The summed E-state index contributed by atoms with van der Waals surface area (Å²) in [7, 11) is -3.90. The number of carbonyl (C=O) groups is 2. The first kappa shape index (κ1) is 25.4. The van der Waals surface area contributed by atoms with Gasteiger partial charge in [0, 0.05) is 25.2 Å². The van der Waals surface area contributed by atoms with Gasteiger partial charge in [-0.3, -0.25) is 9.59 Å². The Hall–Kier alpha value is -4.21. The van der Waals surface area contributed by atoms with E-state index in [0.29, 0.717) is 11.3 Å². The normalized spacial score (nSPS) is 16.2. The second-order valence-corrected chi connectivity index (χ2v) is 10.9. The maximum absolute atomic E-state index is 13.6. The predicted octanol–water partition coefficient (Wildman–Crippen LogP) is 3.78. The van der Waals surface area contributed by atoms with E-state index in [0.717, 1.165) is 11.1 Å². The van der Waals surface area contributed by atoms with Crippen molar-refractivity contribution in [2.45, 2.75) is 17.5 Å². The number of rotatable bonds is 7. The van der Waals surface area contributed by atoms with Crippen LogP contribution in [0.2, 0.25) is 0 Å². The summed E-state index contributed by atoms with van der Waals surface area (Å²) in [6.07, 6.45) is 1.50. The summed E-state index contributed by atoms with van der Waals surface area (Å²) in [5.74, 6) is -0.226. The number of amides is 2. The molecule has 194 valence electrons. The van der Waals surface area contributed by atoms with E-state index >= 15 is 0 Å². The minimum atomic E-state index is -3.90. The van der Waals surface area contributed by atoms with Gasteiger partial charge in [-0.15, -0.1) is 0 Å². The standard InChI is InChI=1S/C29H27N3O5S/c33-28(30-20-25-12-7-19-37-25)27-21-31(17-18-32(27)29(34)24-10-5-2-6-11-24)38(35,36)26-15-13-23(14-16-26)22-8-3-1-4-9-22/h1-16,19,27H,17-18,20-21H2,(H,30,33). The Morgan fingerprint density at radius 3 is 2.13 bits per heavy atom. The molecule has 1 aliphatic rings. The fourth-order valence-corrected chi connectivity index (χ4v) is 5.93. The van der Waals surface area contributed by atoms with E-state index < -0.39 is 22.0 Å². The molecule has 0 spiro atoms. The molecule has 1 saturated heterocycles. The Kier molecular flexibility index (Phi) is 7.39. The molecule has 1 N–H and O–H groups in total. The fourth-order valence-electron chi connectivity index (χ4n) is 4.49. The topological polar surface area (TPSA) is 99.9 Å². The molecule has 9 heteroatoms. The average Bonchev–Trinajstić information content (AvgIpc) is 3.50. The van der Waals surface area contributed by atoms with Crippen molar-refractivity contribution in [1.82, 2.24) is 14.5 Å². The van der Waals surface area contributed by atoms with E-state index in [1.165, 1.54) is 15.5 Å².